The lowest BCUT2D eigenvalue weighted by Crippen LogP contribution is -2.63. The topological polar surface area (TPSA) is 205 Å². The average molecular weight is 1200 g/mol. The molecule has 8 aliphatic carbocycles. The van der Waals surface area contributed by atoms with Crippen molar-refractivity contribution in [1.29, 1.82) is 0 Å². The molecule has 0 bridgehead atoms. The number of rotatable bonds is 7. The molecule has 3 aromatic carbocycles. The van der Waals surface area contributed by atoms with Crippen LogP contribution in [0, 0.1) is 87.8 Å². The summed E-state index contributed by atoms with van der Waals surface area (Å²) in [7, 11) is 3.26. The minimum absolute atomic E-state index is 0.0230. The summed E-state index contributed by atoms with van der Waals surface area (Å²) in [6.45, 7) is 2.54. The van der Waals surface area contributed by atoms with Crippen LogP contribution in [0.3, 0.4) is 0 Å². The van der Waals surface area contributed by atoms with Gasteiger partial charge in [0.1, 0.15) is 11.9 Å². The maximum absolute atomic E-state index is 13.2. The van der Waals surface area contributed by atoms with Gasteiger partial charge in [-0.05, 0) is 200 Å². The normalized spacial score (nSPS) is 40.0. The molecule has 4 fully saturated rings. The smallest absolute Gasteiger partial charge is 0.161 e. The standard InChI is InChI=1S/C73H89N3O8S2/c1-2-41-26-47-31-61(80)64(84-65-32-48(27-51-15-9-24-75-51)53-21-25-76-71(74)59(53)40-86-85-39-49(38-77)70(65)83)34-55(47)56-33-62(81)66-44(29-54(41)56)20-23-72(36-52(78)18-19-60(66)79)37-58(42-10-4-3-5-11-42)57-28-43-12-6-7-13-46(43)35-73-22-8-14-50(73)17-16-45-30-63(82)69(72)67(57)68(45)73/h3-7,9-13,15-17,21,24,29,31,34,41,44-45,48-50,52,56-58,60,62-63,65-70,75-83H,2,8,14,18-19,22,25-28,30,32-33,35-40,74H2,1H3. The van der Waals surface area contributed by atoms with Crippen LogP contribution in [0.5, 0.6) is 11.5 Å². The second-order valence-corrected chi connectivity index (χ2v) is 30.5. The van der Waals surface area contributed by atoms with Gasteiger partial charge >= 0.3 is 0 Å². The number of H-pyrrole nitrogens is 1. The van der Waals surface area contributed by atoms with Crippen LogP contribution in [0.1, 0.15) is 123 Å². The number of hydrogen-bond donors (Lipinski definition) is 10. The van der Waals surface area contributed by atoms with Gasteiger partial charge in [-0.15, -0.1) is 0 Å². The van der Waals surface area contributed by atoms with E-state index in [-0.39, 0.29) is 70.9 Å². The highest BCUT2D eigenvalue weighted by Gasteiger charge is 2.66. The first-order valence-corrected chi connectivity index (χ1v) is 35.2. The van der Waals surface area contributed by atoms with E-state index in [4.69, 9.17) is 10.5 Å². The number of phenols is 1. The van der Waals surface area contributed by atoms with E-state index in [9.17, 15) is 35.7 Å². The molecule has 21 atom stereocenters. The number of aromatic amines is 1. The molecule has 86 heavy (non-hydrogen) atoms. The van der Waals surface area contributed by atoms with Gasteiger partial charge in [-0.25, -0.2) is 0 Å². The number of hydrogen-bond acceptors (Lipinski definition) is 12. The first kappa shape index (κ1) is 58.8. The van der Waals surface area contributed by atoms with Crippen molar-refractivity contribution in [1.82, 2.24) is 10.3 Å². The van der Waals surface area contributed by atoms with Crippen LogP contribution >= 0.6 is 21.6 Å². The van der Waals surface area contributed by atoms with Gasteiger partial charge in [-0.3, -0.25) is 0 Å². The molecule has 0 amide bonds. The van der Waals surface area contributed by atoms with Gasteiger partial charge in [0.05, 0.1) is 30.5 Å². The van der Waals surface area contributed by atoms with Gasteiger partial charge in [0.25, 0.3) is 0 Å². The number of aliphatic hydroxyl groups excluding tert-OH is 6. The van der Waals surface area contributed by atoms with Gasteiger partial charge in [0.15, 0.2) is 11.5 Å². The second kappa shape index (κ2) is 24.1. The Balaban J connectivity index is 0.868. The van der Waals surface area contributed by atoms with Crippen molar-refractivity contribution >= 4 is 21.6 Å². The number of benzene rings is 3. The van der Waals surface area contributed by atoms with Crippen LogP contribution < -0.4 is 15.8 Å². The lowest BCUT2D eigenvalue weighted by atomic mass is 9.39. The zero-order chi connectivity index (χ0) is 59.0. The van der Waals surface area contributed by atoms with Crippen molar-refractivity contribution in [3.63, 3.8) is 0 Å². The van der Waals surface area contributed by atoms with Crippen LogP contribution in [0.4, 0.5) is 0 Å². The number of dihydropyridines is 1. The molecule has 10 aliphatic rings. The molecular weight excluding hydrogens is 1110 g/mol. The van der Waals surface area contributed by atoms with Gasteiger partial charge in [-0.1, -0.05) is 131 Å². The highest BCUT2D eigenvalue weighted by Crippen LogP contribution is 2.71. The summed E-state index contributed by atoms with van der Waals surface area (Å²) in [6.07, 6.45) is 17.1. The number of aromatic nitrogens is 1. The minimum Gasteiger partial charge on any atom is -0.504 e. The molecule has 1 saturated heterocycles. The summed E-state index contributed by atoms with van der Waals surface area (Å²) in [4.78, 5) is 3.39. The number of phenolic OH excluding ortho intramolecular Hbond substituents is 1. The average Bonchev–Trinajstić information content (AvgIpc) is 1.04. The summed E-state index contributed by atoms with van der Waals surface area (Å²) in [5.41, 5.74) is 16.5. The maximum atomic E-state index is 13.2. The van der Waals surface area contributed by atoms with Crippen LogP contribution in [0.15, 0.2) is 132 Å². The monoisotopic (exact) mass is 1200 g/mol. The number of allylic oxidation sites excluding steroid dienone is 5. The lowest BCUT2D eigenvalue weighted by Gasteiger charge is -2.65. The summed E-state index contributed by atoms with van der Waals surface area (Å²) in [5.74, 6) is 9.44. The van der Waals surface area contributed by atoms with Crippen molar-refractivity contribution < 1.29 is 40.5 Å². The molecule has 2 spiro atoms. The maximum Gasteiger partial charge on any atom is 0.161 e. The van der Waals surface area contributed by atoms with Gasteiger partial charge in [-0.2, -0.15) is 0 Å². The number of fused-ring (bicyclic) bond motifs is 7. The molecule has 14 rings (SSSR count). The van der Waals surface area contributed by atoms with Gasteiger partial charge in [0, 0.05) is 77.1 Å². The van der Waals surface area contributed by atoms with E-state index < -0.39 is 59.8 Å². The van der Waals surface area contributed by atoms with Gasteiger partial charge in [0.2, 0.25) is 0 Å². The molecule has 11 N–H and O–H groups in total. The highest BCUT2D eigenvalue weighted by molar-refractivity contribution is 8.76. The Morgan fingerprint density at radius 3 is 2.47 bits per heavy atom. The number of aromatic hydroxyl groups is 1. The fraction of sp³-hybridized carbons (Fsp3) is 0.562. The molecule has 3 heterocycles. The number of nitrogens with one attached hydrogen (secondary N) is 2. The zero-order valence-corrected chi connectivity index (χ0v) is 51.4. The van der Waals surface area contributed by atoms with E-state index >= 15 is 0 Å². The van der Waals surface area contributed by atoms with Crippen LogP contribution in [-0.2, 0) is 25.7 Å². The molecular formula is C73H89N3O8S2. The lowest BCUT2D eigenvalue weighted by molar-refractivity contribution is -0.169. The first-order chi connectivity index (χ1) is 41.8. The molecule has 4 aromatic rings. The number of ether oxygens (including phenoxy) is 1. The Morgan fingerprint density at radius 2 is 1.65 bits per heavy atom. The van der Waals surface area contributed by atoms with E-state index in [1.165, 1.54) is 41.5 Å². The van der Waals surface area contributed by atoms with Crippen molar-refractivity contribution in [3.05, 3.63) is 165 Å². The van der Waals surface area contributed by atoms with Crippen molar-refractivity contribution in [2.75, 3.05) is 24.7 Å². The largest absolute Gasteiger partial charge is 0.504 e. The fourth-order valence-electron chi connectivity index (χ4n) is 20.0. The Hall–Kier alpha value is -4.88. The molecule has 11 nitrogen and oxygen atoms in total. The summed E-state index contributed by atoms with van der Waals surface area (Å²) in [6, 6.07) is 28.1. The third-order valence-corrected chi connectivity index (χ3v) is 26.1. The van der Waals surface area contributed by atoms with Crippen molar-refractivity contribution in [3.8, 4) is 23.3 Å². The predicted molar refractivity (Wildman–Crippen MR) is 341 cm³/mol. The molecule has 21 unspecified atom stereocenters. The molecule has 456 valence electrons. The molecule has 1 aromatic heterocycles. The summed E-state index contributed by atoms with van der Waals surface area (Å²) >= 11 is 0. The Bertz CT molecular complexity index is 3320. The predicted octanol–water partition coefficient (Wildman–Crippen LogP) is 10.5. The Morgan fingerprint density at radius 1 is 0.814 bits per heavy atom. The van der Waals surface area contributed by atoms with Crippen LogP contribution in [0.25, 0.3) is 0 Å². The molecule has 13 heteroatoms. The Labute approximate surface area is 516 Å². The fourth-order valence-corrected chi connectivity index (χ4v) is 22.5. The minimum atomic E-state index is -1.08. The highest BCUT2D eigenvalue weighted by atomic mass is 33.1. The van der Waals surface area contributed by atoms with E-state index in [0.717, 1.165) is 47.2 Å². The van der Waals surface area contributed by atoms with Gasteiger partial charge < -0.3 is 56.5 Å². The number of nitrogens with two attached hydrogens (primary N) is 1. The first-order valence-electron chi connectivity index (χ1n) is 32.7. The van der Waals surface area contributed by atoms with Crippen molar-refractivity contribution in [2.45, 2.75) is 152 Å². The number of aliphatic hydroxyl groups is 6. The van der Waals surface area contributed by atoms with E-state index in [1.807, 2.05) is 24.4 Å². The van der Waals surface area contributed by atoms with Crippen LogP contribution in [-0.4, -0.2) is 102 Å². The van der Waals surface area contributed by atoms with E-state index in [0.29, 0.717) is 93.5 Å². The molecule has 2 aliphatic heterocycles. The zero-order valence-electron chi connectivity index (χ0n) is 49.7. The second-order valence-electron chi connectivity index (χ2n) is 28.0. The third-order valence-electron chi connectivity index (χ3n) is 23.7. The third kappa shape index (κ3) is 10.5. The SMILES string of the molecule is CCC1Cc2cc(O)c(OC3CC(Cc4ccc[nH]4)C4=CCNC(N)=C4CSSCC(CO)C3O)cc2C2CC(O)C3C(C#CC4(CC(O)CCC3O)CC(c3ccccc3)C3Cc5ccccc5CC56CCCC5C=CC5CC(O)C4C3C56)C=C12. The molecule has 0 radical (unpaired) electrons. The van der Waals surface area contributed by atoms with Crippen LogP contribution in [0.2, 0.25) is 0 Å². The molecule has 3 saturated carbocycles. The van der Waals surface area contributed by atoms with E-state index in [1.54, 1.807) is 21.6 Å². The van der Waals surface area contributed by atoms with Crippen molar-refractivity contribution in [2.24, 2.45) is 81.7 Å². The summed E-state index contributed by atoms with van der Waals surface area (Å²) < 4.78 is 7.04. The summed E-state index contributed by atoms with van der Waals surface area (Å²) in [5, 5.41) is 90.1. The quantitative estimate of drug-likeness (QED) is 0.0477. The van der Waals surface area contributed by atoms with E-state index in [2.05, 4.69) is 114 Å². The Kier molecular flexibility index (Phi) is 16.5.